The first-order chi connectivity index (χ1) is 9.16. The van der Waals surface area contributed by atoms with Crippen LogP contribution in [0.1, 0.15) is 15.8 Å². The third-order valence-corrected chi connectivity index (χ3v) is 5.46. The summed E-state index contributed by atoms with van der Waals surface area (Å²) in [6, 6.07) is 12.6. The van der Waals surface area contributed by atoms with Gasteiger partial charge in [-0.15, -0.1) is 11.3 Å². The third-order valence-electron chi connectivity index (χ3n) is 3.22. The summed E-state index contributed by atoms with van der Waals surface area (Å²) in [4.78, 5) is 9.09. The average molecular weight is 336 g/mol. The molecule has 1 aromatic heterocycles. The van der Waals surface area contributed by atoms with Crippen LogP contribution in [0.25, 0.3) is 0 Å². The van der Waals surface area contributed by atoms with Crippen LogP contribution in [-0.4, -0.2) is 12.5 Å². The summed E-state index contributed by atoms with van der Waals surface area (Å²) in [6.07, 6.45) is 0. The second kappa shape index (κ2) is 4.98. The molecule has 2 N–H and O–H groups in total. The molecule has 0 aliphatic carbocycles. The number of anilines is 1. The van der Waals surface area contributed by atoms with Gasteiger partial charge in [0.05, 0.1) is 12.6 Å². The van der Waals surface area contributed by atoms with Crippen molar-refractivity contribution in [3.8, 4) is 0 Å². The Hall–Kier alpha value is -1.33. The molecular formula is C14H14BrN3S. The quantitative estimate of drug-likeness (QED) is 0.909. The van der Waals surface area contributed by atoms with Crippen molar-refractivity contribution in [1.82, 2.24) is 0 Å². The summed E-state index contributed by atoms with van der Waals surface area (Å²) in [5.41, 5.74) is 7.14. The third kappa shape index (κ3) is 2.28. The number of benzene rings is 1. The molecule has 0 fully saturated rings. The number of rotatable bonds is 2. The van der Waals surface area contributed by atoms with E-state index in [1.54, 1.807) is 11.3 Å². The zero-order chi connectivity index (χ0) is 13.4. The molecule has 0 bridgehead atoms. The first kappa shape index (κ1) is 12.7. The predicted molar refractivity (Wildman–Crippen MR) is 84.9 cm³/mol. The van der Waals surface area contributed by atoms with E-state index in [-0.39, 0.29) is 6.04 Å². The van der Waals surface area contributed by atoms with Crippen molar-refractivity contribution in [3.63, 3.8) is 0 Å². The lowest BCUT2D eigenvalue weighted by Crippen LogP contribution is -2.35. The van der Waals surface area contributed by atoms with Crippen LogP contribution in [0.5, 0.6) is 0 Å². The molecule has 3 nitrogen and oxygen atoms in total. The number of guanidine groups is 1. The highest BCUT2D eigenvalue weighted by Gasteiger charge is 2.30. The lowest BCUT2D eigenvalue weighted by molar-refractivity contribution is 0.784. The minimum atomic E-state index is 0.206. The van der Waals surface area contributed by atoms with Crippen molar-refractivity contribution >= 4 is 38.9 Å². The van der Waals surface area contributed by atoms with Crippen LogP contribution >= 0.6 is 27.3 Å². The summed E-state index contributed by atoms with van der Waals surface area (Å²) < 4.78 is 1.16. The Morgan fingerprint density at radius 2 is 2.11 bits per heavy atom. The van der Waals surface area contributed by atoms with Crippen LogP contribution in [0.15, 0.2) is 45.9 Å². The van der Waals surface area contributed by atoms with Crippen LogP contribution in [0.2, 0.25) is 0 Å². The Balaban J connectivity index is 1.98. The number of para-hydroxylation sites is 1. The van der Waals surface area contributed by atoms with Gasteiger partial charge in [0, 0.05) is 19.9 Å². The summed E-state index contributed by atoms with van der Waals surface area (Å²) >= 11 is 5.37. The van der Waals surface area contributed by atoms with E-state index in [2.05, 4.69) is 50.9 Å². The van der Waals surface area contributed by atoms with Crippen molar-refractivity contribution in [2.45, 2.75) is 13.0 Å². The predicted octanol–water partition coefficient (Wildman–Crippen LogP) is 3.70. The first-order valence-corrected chi connectivity index (χ1v) is 7.68. The maximum Gasteiger partial charge on any atom is 0.196 e. The molecular weight excluding hydrogens is 322 g/mol. The number of halogens is 1. The van der Waals surface area contributed by atoms with Gasteiger partial charge in [0.15, 0.2) is 5.96 Å². The van der Waals surface area contributed by atoms with Gasteiger partial charge in [-0.1, -0.05) is 18.2 Å². The second-order valence-electron chi connectivity index (χ2n) is 4.47. The van der Waals surface area contributed by atoms with E-state index >= 15 is 0 Å². The number of hydrogen-bond acceptors (Lipinski definition) is 4. The maximum atomic E-state index is 6.05. The molecule has 1 aliphatic heterocycles. The fourth-order valence-corrected chi connectivity index (χ4v) is 3.90. The minimum absolute atomic E-state index is 0.206. The Kier molecular flexibility index (Phi) is 3.33. The van der Waals surface area contributed by atoms with Gasteiger partial charge in [0.25, 0.3) is 0 Å². The van der Waals surface area contributed by atoms with E-state index in [1.807, 2.05) is 18.2 Å². The minimum Gasteiger partial charge on any atom is -0.369 e. The van der Waals surface area contributed by atoms with Crippen molar-refractivity contribution in [3.05, 3.63) is 50.6 Å². The van der Waals surface area contributed by atoms with E-state index in [4.69, 9.17) is 5.73 Å². The van der Waals surface area contributed by atoms with E-state index in [0.29, 0.717) is 12.5 Å². The van der Waals surface area contributed by atoms with Gasteiger partial charge >= 0.3 is 0 Å². The molecule has 0 saturated carbocycles. The van der Waals surface area contributed by atoms with Gasteiger partial charge in [0.2, 0.25) is 0 Å². The molecule has 2 heterocycles. The number of aliphatic imine (C=N–C) groups is 1. The average Bonchev–Trinajstić information content (AvgIpc) is 2.95. The molecule has 0 spiro atoms. The molecule has 98 valence electrons. The molecule has 3 rings (SSSR count). The van der Waals surface area contributed by atoms with Crippen molar-refractivity contribution < 1.29 is 0 Å². The van der Waals surface area contributed by atoms with Crippen LogP contribution in [0, 0.1) is 6.92 Å². The Morgan fingerprint density at radius 1 is 1.37 bits per heavy atom. The highest BCUT2D eigenvalue weighted by molar-refractivity contribution is 9.10. The molecule has 0 amide bonds. The van der Waals surface area contributed by atoms with Crippen molar-refractivity contribution in [2.75, 3.05) is 11.4 Å². The van der Waals surface area contributed by atoms with Gasteiger partial charge in [-0.2, -0.15) is 0 Å². The molecule has 2 aromatic rings. The topological polar surface area (TPSA) is 41.6 Å². The van der Waals surface area contributed by atoms with Gasteiger partial charge in [-0.3, -0.25) is 4.99 Å². The van der Waals surface area contributed by atoms with Gasteiger partial charge in [0.1, 0.15) is 0 Å². The Bertz CT molecular complexity index is 601. The zero-order valence-corrected chi connectivity index (χ0v) is 12.9. The number of thiophene rings is 1. The van der Waals surface area contributed by atoms with Crippen LogP contribution in [0.4, 0.5) is 5.69 Å². The lowest BCUT2D eigenvalue weighted by Gasteiger charge is -2.25. The molecule has 1 unspecified atom stereocenters. The van der Waals surface area contributed by atoms with E-state index in [0.717, 1.165) is 10.2 Å². The number of aryl methyl sites for hydroxylation is 1. The standard InChI is InChI=1S/C14H14BrN3S/c1-9-11(15)7-13(19-9)12-8-17-14(16)18(12)10-5-3-2-4-6-10/h2-7,12H,8H2,1H3,(H2,16,17). The van der Waals surface area contributed by atoms with Crippen molar-refractivity contribution in [1.29, 1.82) is 0 Å². The van der Waals surface area contributed by atoms with Gasteiger partial charge < -0.3 is 10.6 Å². The molecule has 1 atom stereocenters. The summed E-state index contributed by atoms with van der Waals surface area (Å²) in [7, 11) is 0. The van der Waals surface area contributed by atoms with Crippen molar-refractivity contribution in [2.24, 2.45) is 10.7 Å². The molecule has 0 saturated heterocycles. The van der Waals surface area contributed by atoms with Crippen LogP contribution in [0.3, 0.4) is 0 Å². The maximum absolute atomic E-state index is 6.05. The Morgan fingerprint density at radius 3 is 2.74 bits per heavy atom. The first-order valence-electron chi connectivity index (χ1n) is 6.07. The van der Waals surface area contributed by atoms with E-state index in [1.165, 1.54) is 9.75 Å². The summed E-state index contributed by atoms with van der Waals surface area (Å²) in [5, 5.41) is 0. The smallest absolute Gasteiger partial charge is 0.196 e. The van der Waals surface area contributed by atoms with Gasteiger partial charge in [-0.25, -0.2) is 0 Å². The number of nitrogens with zero attached hydrogens (tertiary/aromatic N) is 2. The molecule has 19 heavy (non-hydrogen) atoms. The largest absolute Gasteiger partial charge is 0.369 e. The molecule has 1 aliphatic rings. The monoisotopic (exact) mass is 335 g/mol. The van der Waals surface area contributed by atoms with E-state index in [9.17, 15) is 0 Å². The second-order valence-corrected chi connectivity index (χ2v) is 6.62. The SMILES string of the molecule is Cc1sc(C2CN=C(N)N2c2ccccc2)cc1Br. The van der Waals surface area contributed by atoms with Gasteiger partial charge in [-0.05, 0) is 41.1 Å². The lowest BCUT2D eigenvalue weighted by atomic mass is 10.2. The number of nitrogens with two attached hydrogens (primary N) is 1. The fourth-order valence-electron chi connectivity index (χ4n) is 2.26. The fraction of sp³-hybridized carbons (Fsp3) is 0.214. The Labute approximate surface area is 124 Å². The molecule has 1 aromatic carbocycles. The zero-order valence-electron chi connectivity index (χ0n) is 10.5. The summed E-state index contributed by atoms with van der Waals surface area (Å²) in [5.74, 6) is 0.596. The number of hydrogen-bond donors (Lipinski definition) is 1. The normalized spacial score (nSPS) is 18.7. The van der Waals surface area contributed by atoms with Crippen LogP contribution < -0.4 is 10.6 Å². The summed E-state index contributed by atoms with van der Waals surface area (Å²) in [6.45, 7) is 2.83. The van der Waals surface area contributed by atoms with Crippen LogP contribution in [-0.2, 0) is 0 Å². The van der Waals surface area contributed by atoms with E-state index < -0.39 is 0 Å². The molecule has 5 heteroatoms. The highest BCUT2D eigenvalue weighted by atomic mass is 79.9. The molecule has 0 radical (unpaired) electrons. The highest BCUT2D eigenvalue weighted by Crippen LogP contribution is 2.37.